The number of benzene rings is 3. The Labute approximate surface area is 168 Å². The average molecular weight is 383 g/mol. The van der Waals surface area contributed by atoms with Crippen molar-refractivity contribution in [2.75, 3.05) is 12.4 Å². The van der Waals surface area contributed by atoms with Gasteiger partial charge in [0.15, 0.2) is 0 Å². The van der Waals surface area contributed by atoms with Crippen LogP contribution in [0.5, 0.6) is 5.75 Å². The second-order valence-corrected chi connectivity index (χ2v) is 7.37. The van der Waals surface area contributed by atoms with E-state index in [1.807, 2.05) is 48.0 Å². The zero-order valence-electron chi connectivity index (χ0n) is 16.3. The van der Waals surface area contributed by atoms with Crippen LogP contribution in [0.1, 0.15) is 29.2 Å². The summed E-state index contributed by atoms with van der Waals surface area (Å²) >= 11 is 0. The molecule has 29 heavy (non-hydrogen) atoms. The number of ether oxygens (including phenoxy) is 1. The van der Waals surface area contributed by atoms with Gasteiger partial charge in [-0.1, -0.05) is 42.5 Å². The third kappa shape index (κ3) is 2.95. The van der Waals surface area contributed by atoms with E-state index in [1.54, 1.807) is 7.11 Å². The van der Waals surface area contributed by atoms with Crippen LogP contribution in [0.15, 0.2) is 66.7 Å². The normalized spacial score (nSPS) is 15.8. The highest BCUT2D eigenvalue weighted by Crippen LogP contribution is 2.41. The first-order valence-electron chi connectivity index (χ1n) is 9.66. The van der Waals surface area contributed by atoms with Crippen LogP contribution in [-0.2, 0) is 4.79 Å². The van der Waals surface area contributed by atoms with Gasteiger partial charge in [-0.05, 0) is 47.5 Å². The number of amides is 1. The van der Waals surface area contributed by atoms with Crippen molar-refractivity contribution in [1.82, 2.24) is 9.78 Å². The maximum Gasteiger partial charge on any atom is 0.226 e. The fourth-order valence-corrected chi connectivity index (χ4v) is 4.17. The van der Waals surface area contributed by atoms with Crippen molar-refractivity contribution in [1.29, 1.82) is 0 Å². The molecule has 0 spiro atoms. The number of rotatable bonds is 3. The number of nitrogens with one attached hydrogen (secondary N) is 1. The zero-order chi connectivity index (χ0) is 20.0. The smallest absolute Gasteiger partial charge is 0.226 e. The summed E-state index contributed by atoms with van der Waals surface area (Å²) in [4.78, 5) is 12.6. The lowest BCUT2D eigenvalue weighted by molar-refractivity contribution is -0.116. The van der Waals surface area contributed by atoms with Crippen LogP contribution in [0.4, 0.5) is 5.82 Å². The number of hydrogen-bond donors (Lipinski definition) is 1. The minimum absolute atomic E-state index is 0.00493. The molecule has 1 aliphatic heterocycles. The van der Waals surface area contributed by atoms with E-state index < -0.39 is 0 Å². The van der Waals surface area contributed by atoms with Crippen molar-refractivity contribution in [2.24, 2.45) is 0 Å². The Morgan fingerprint density at radius 1 is 1.03 bits per heavy atom. The number of nitrogens with zero attached hydrogens (tertiary/aromatic N) is 2. The van der Waals surface area contributed by atoms with Crippen molar-refractivity contribution >= 4 is 22.5 Å². The minimum atomic E-state index is -0.0182. The summed E-state index contributed by atoms with van der Waals surface area (Å²) in [5, 5.41) is 10.2. The lowest BCUT2D eigenvalue weighted by Crippen LogP contribution is -2.24. The van der Waals surface area contributed by atoms with Gasteiger partial charge in [-0.3, -0.25) is 4.79 Å². The van der Waals surface area contributed by atoms with Crippen LogP contribution in [0.2, 0.25) is 0 Å². The van der Waals surface area contributed by atoms with Crippen LogP contribution >= 0.6 is 0 Å². The number of carbonyl (C=O) groups excluding carboxylic acids is 1. The Morgan fingerprint density at radius 2 is 1.79 bits per heavy atom. The minimum Gasteiger partial charge on any atom is -0.497 e. The van der Waals surface area contributed by atoms with Crippen molar-refractivity contribution in [2.45, 2.75) is 19.3 Å². The van der Waals surface area contributed by atoms with E-state index in [2.05, 4.69) is 35.6 Å². The van der Waals surface area contributed by atoms with Gasteiger partial charge in [0, 0.05) is 17.9 Å². The topological polar surface area (TPSA) is 56.1 Å². The highest BCUT2D eigenvalue weighted by Gasteiger charge is 2.32. The maximum atomic E-state index is 12.6. The van der Waals surface area contributed by atoms with Gasteiger partial charge in [-0.25, -0.2) is 4.68 Å². The van der Waals surface area contributed by atoms with Crippen molar-refractivity contribution in [3.8, 4) is 11.4 Å². The number of methoxy groups -OCH3 is 1. The predicted octanol–water partition coefficient (Wildman–Crippen LogP) is 4.82. The lowest BCUT2D eigenvalue weighted by atomic mass is 9.85. The molecule has 0 fully saturated rings. The van der Waals surface area contributed by atoms with Crippen LogP contribution < -0.4 is 10.1 Å². The number of aryl methyl sites for hydroxylation is 1. The molecular formula is C24H21N3O2. The van der Waals surface area contributed by atoms with E-state index in [0.29, 0.717) is 6.42 Å². The summed E-state index contributed by atoms with van der Waals surface area (Å²) in [5.41, 5.74) is 4.02. The van der Waals surface area contributed by atoms with E-state index in [1.165, 1.54) is 10.8 Å². The molecule has 0 radical (unpaired) electrons. The Balaban J connectivity index is 1.63. The number of carbonyl (C=O) groups is 1. The molecule has 1 aromatic heterocycles. The lowest BCUT2D eigenvalue weighted by Gasteiger charge is -2.24. The third-order valence-corrected chi connectivity index (χ3v) is 5.60. The molecule has 5 rings (SSSR count). The zero-order valence-corrected chi connectivity index (χ0v) is 16.3. The fraction of sp³-hybridized carbons (Fsp3) is 0.167. The maximum absolute atomic E-state index is 12.6. The van der Waals surface area contributed by atoms with Crippen LogP contribution in [-0.4, -0.2) is 22.8 Å². The predicted molar refractivity (Wildman–Crippen MR) is 114 cm³/mol. The second kappa shape index (κ2) is 6.78. The molecule has 5 heteroatoms. The average Bonchev–Trinajstić information content (AvgIpc) is 3.09. The Morgan fingerprint density at radius 3 is 2.55 bits per heavy atom. The van der Waals surface area contributed by atoms with Crippen molar-refractivity contribution < 1.29 is 9.53 Å². The molecule has 4 aromatic rings. The molecule has 0 saturated heterocycles. The molecule has 1 aliphatic rings. The largest absolute Gasteiger partial charge is 0.497 e. The molecular weight excluding hydrogens is 362 g/mol. The van der Waals surface area contributed by atoms with Crippen LogP contribution in [0.3, 0.4) is 0 Å². The standard InChI is InChI=1S/C24H21N3O2/c1-15-23-21(18-8-7-16-5-3-4-6-17(16)13-18)14-22(28)25-24(23)27(26-15)19-9-11-20(29-2)12-10-19/h3-13,21H,14H2,1-2H3,(H,25,28)/t21-/m1/s1. The Bertz CT molecular complexity index is 1220. The first-order valence-corrected chi connectivity index (χ1v) is 9.66. The molecule has 1 N–H and O–H groups in total. The summed E-state index contributed by atoms with van der Waals surface area (Å²) in [6.45, 7) is 2.00. The van der Waals surface area contributed by atoms with Gasteiger partial charge in [0.2, 0.25) is 5.91 Å². The SMILES string of the molecule is COc1ccc(-n2nc(C)c3c2NC(=O)C[C@@H]3c2ccc3ccccc3c2)cc1. The van der Waals surface area contributed by atoms with Crippen LogP contribution in [0, 0.1) is 6.92 Å². The molecule has 0 aliphatic carbocycles. The summed E-state index contributed by atoms with van der Waals surface area (Å²) in [7, 11) is 1.64. The summed E-state index contributed by atoms with van der Waals surface area (Å²) < 4.78 is 7.07. The van der Waals surface area contributed by atoms with Gasteiger partial charge < -0.3 is 10.1 Å². The number of hydrogen-bond acceptors (Lipinski definition) is 3. The Kier molecular flexibility index (Phi) is 4.09. The molecule has 0 unspecified atom stereocenters. The molecule has 0 bridgehead atoms. The third-order valence-electron chi connectivity index (χ3n) is 5.60. The van der Waals surface area contributed by atoms with Gasteiger partial charge in [-0.2, -0.15) is 5.10 Å². The second-order valence-electron chi connectivity index (χ2n) is 7.37. The van der Waals surface area contributed by atoms with E-state index in [4.69, 9.17) is 9.84 Å². The van der Waals surface area contributed by atoms with Gasteiger partial charge in [-0.15, -0.1) is 0 Å². The highest BCUT2D eigenvalue weighted by molar-refractivity contribution is 5.95. The summed E-state index contributed by atoms with van der Waals surface area (Å²) in [5.74, 6) is 1.52. The Hall–Kier alpha value is -3.60. The van der Waals surface area contributed by atoms with Crippen molar-refractivity contribution in [3.63, 3.8) is 0 Å². The molecule has 5 nitrogen and oxygen atoms in total. The van der Waals surface area contributed by atoms with Gasteiger partial charge in [0.25, 0.3) is 0 Å². The summed E-state index contributed by atoms with van der Waals surface area (Å²) in [6.07, 6.45) is 0.417. The first kappa shape index (κ1) is 17.5. The molecule has 144 valence electrons. The molecule has 0 saturated carbocycles. The van der Waals surface area contributed by atoms with Gasteiger partial charge in [0.05, 0.1) is 18.5 Å². The quantitative estimate of drug-likeness (QED) is 0.552. The van der Waals surface area contributed by atoms with Gasteiger partial charge in [0.1, 0.15) is 11.6 Å². The monoisotopic (exact) mass is 383 g/mol. The molecule has 3 aromatic carbocycles. The molecule has 2 heterocycles. The number of anilines is 1. The number of aromatic nitrogens is 2. The fourth-order valence-electron chi connectivity index (χ4n) is 4.17. The van der Waals surface area contributed by atoms with Gasteiger partial charge >= 0.3 is 0 Å². The van der Waals surface area contributed by atoms with E-state index in [-0.39, 0.29) is 11.8 Å². The number of fused-ring (bicyclic) bond motifs is 2. The first-order chi connectivity index (χ1) is 14.1. The molecule has 1 amide bonds. The molecule has 1 atom stereocenters. The van der Waals surface area contributed by atoms with Crippen LogP contribution in [0.25, 0.3) is 16.5 Å². The summed E-state index contributed by atoms with van der Waals surface area (Å²) in [6, 6.07) is 22.4. The van der Waals surface area contributed by atoms with E-state index in [9.17, 15) is 4.79 Å². The highest BCUT2D eigenvalue weighted by atomic mass is 16.5. The van der Waals surface area contributed by atoms with E-state index >= 15 is 0 Å². The van der Waals surface area contributed by atoms with Crippen molar-refractivity contribution in [3.05, 3.63) is 83.6 Å². The van der Waals surface area contributed by atoms with E-state index in [0.717, 1.165) is 34.1 Å².